The lowest BCUT2D eigenvalue weighted by atomic mass is 10.2. The zero-order chi connectivity index (χ0) is 15.0. The second-order valence-electron chi connectivity index (χ2n) is 4.37. The molecule has 0 spiro atoms. The molecule has 0 saturated heterocycles. The third-order valence-corrected chi connectivity index (χ3v) is 2.56. The predicted octanol–water partition coefficient (Wildman–Crippen LogP) is 1.45. The number of aryl methyl sites for hydroxylation is 1. The van der Waals surface area contributed by atoms with Crippen molar-refractivity contribution in [1.82, 2.24) is 16.2 Å². The van der Waals surface area contributed by atoms with E-state index in [-0.39, 0.29) is 12.5 Å². The summed E-state index contributed by atoms with van der Waals surface area (Å²) in [6.07, 6.45) is 0. The number of hydrogen-bond donors (Lipinski definition) is 3. The highest BCUT2D eigenvalue weighted by atomic mass is 32.1. The largest absolute Gasteiger partial charge is 0.483 e. The molecule has 0 saturated carbocycles. The first kappa shape index (κ1) is 16.0. The molecule has 6 heteroatoms. The summed E-state index contributed by atoms with van der Waals surface area (Å²) in [6, 6.07) is 7.50. The van der Waals surface area contributed by atoms with Crippen molar-refractivity contribution in [3.63, 3.8) is 0 Å². The number of hydrazine groups is 1. The van der Waals surface area contributed by atoms with E-state index in [1.54, 1.807) is 0 Å². The number of benzene rings is 1. The molecule has 1 aromatic carbocycles. The van der Waals surface area contributed by atoms with E-state index in [9.17, 15) is 4.79 Å². The summed E-state index contributed by atoms with van der Waals surface area (Å²) in [5, 5.41) is 3.22. The molecule has 0 atom stereocenters. The summed E-state index contributed by atoms with van der Waals surface area (Å²) < 4.78 is 5.40. The first-order valence-electron chi connectivity index (χ1n) is 6.14. The van der Waals surface area contributed by atoms with Crippen LogP contribution in [0.25, 0.3) is 0 Å². The maximum atomic E-state index is 11.6. The molecule has 0 aliphatic carbocycles. The van der Waals surface area contributed by atoms with Crippen LogP contribution in [-0.2, 0) is 4.79 Å². The van der Waals surface area contributed by atoms with Crippen LogP contribution in [0.2, 0.25) is 0 Å². The van der Waals surface area contributed by atoms with Crippen molar-refractivity contribution in [2.45, 2.75) is 13.8 Å². The zero-order valence-corrected chi connectivity index (χ0v) is 12.5. The van der Waals surface area contributed by atoms with Crippen LogP contribution in [0.3, 0.4) is 0 Å². The number of ether oxygens (including phenoxy) is 1. The molecule has 5 nitrogen and oxygen atoms in total. The van der Waals surface area contributed by atoms with Crippen LogP contribution in [-0.4, -0.2) is 24.2 Å². The Hall–Kier alpha value is -2.08. The van der Waals surface area contributed by atoms with Gasteiger partial charge in [0.25, 0.3) is 5.91 Å². The fourth-order valence-electron chi connectivity index (χ4n) is 1.30. The molecular weight excluding hydrogens is 274 g/mol. The third kappa shape index (κ3) is 6.19. The Bertz CT molecular complexity index is 503. The Balaban J connectivity index is 2.25. The van der Waals surface area contributed by atoms with Crippen molar-refractivity contribution in [3.05, 3.63) is 42.0 Å². The summed E-state index contributed by atoms with van der Waals surface area (Å²) in [6.45, 7) is 8.01. The van der Waals surface area contributed by atoms with Gasteiger partial charge in [0.15, 0.2) is 11.7 Å². The van der Waals surface area contributed by atoms with Crippen molar-refractivity contribution in [2.24, 2.45) is 0 Å². The number of nitrogens with one attached hydrogen (secondary N) is 3. The molecule has 3 N–H and O–H groups in total. The third-order valence-electron chi connectivity index (χ3n) is 2.32. The SMILES string of the molecule is C=C(C)CNC(=S)NNC(=O)COc1ccccc1C. The average molecular weight is 293 g/mol. The molecule has 0 fully saturated rings. The number of thiocarbonyl (C=S) groups is 1. The first-order chi connectivity index (χ1) is 9.49. The molecule has 0 radical (unpaired) electrons. The van der Waals surface area contributed by atoms with Crippen LogP contribution in [0.4, 0.5) is 0 Å². The van der Waals surface area contributed by atoms with Gasteiger partial charge in [-0.1, -0.05) is 30.4 Å². The average Bonchev–Trinajstić information content (AvgIpc) is 2.42. The lowest BCUT2D eigenvalue weighted by Gasteiger charge is -2.12. The number of para-hydroxylation sites is 1. The van der Waals surface area contributed by atoms with E-state index in [2.05, 4.69) is 22.7 Å². The second-order valence-corrected chi connectivity index (χ2v) is 4.78. The van der Waals surface area contributed by atoms with Crippen LogP contribution in [0.5, 0.6) is 5.75 Å². The normalized spacial score (nSPS) is 9.50. The van der Waals surface area contributed by atoms with Gasteiger partial charge in [-0.3, -0.25) is 15.6 Å². The van der Waals surface area contributed by atoms with Crippen molar-refractivity contribution in [1.29, 1.82) is 0 Å². The highest BCUT2D eigenvalue weighted by Crippen LogP contribution is 2.15. The summed E-state index contributed by atoms with van der Waals surface area (Å²) in [5.74, 6) is 0.373. The fraction of sp³-hybridized carbons (Fsp3) is 0.286. The Morgan fingerprint density at radius 1 is 1.35 bits per heavy atom. The van der Waals surface area contributed by atoms with E-state index in [4.69, 9.17) is 17.0 Å². The lowest BCUT2D eigenvalue weighted by Crippen LogP contribution is -2.48. The number of carbonyl (C=O) groups excluding carboxylic acids is 1. The molecule has 20 heavy (non-hydrogen) atoms. The van der Waals surface area contributed by atoms with Gasteiger partial charge in [-0.05, 0) is 37.7 Å². The van der Waals surface area contributed by atoms with Crippen LogP contribution in [0.15, 0.2) is 36.4 Å². The van der Waals surface area contributed by atoms with Crippen molar-refractivity contribution in [2.75, 3.05) is 13.2 Å². The minimum atomic E-state index is -0.312. The van der Waals surface area contributed by atoms with Crippen LogP contribution in [0.1, 0.15) is 12.5 Å². The number of hydrogen-bond acceptors (Lipinski definition) is 3. The molecule has 0 aliphatic rings. The van der Waals surface area contributed by atoms with E-state index < -0.39 is 0 Å². The molecule has 1 aromatic rings. The van der Waals surface area contributed by atoms with Gasteiger partial charge in [-0.15, -0.1) is 0 Å². The lowest BCUT2D eigenvalue weighted by molar-refractivity contribution is -0.123. The van der Waals surface area contributed by atoms with Gasteiger partial charge in [0.2, 0.25) is 0 Å². The van der Waals surface area contributed by atoms with Gasteiger partial charge < -0.3 is 10.1 Å². The summed E-state index contributed by atoms with van der Waals surface area (Å²) in [7, 11) is 0. The number of amides is 1. The van der Waals surface area contributed by atoms with E-state index >= 15 is 0 Å². The van der Waals surface area contributed by atoms with E-state index in [0.29, 0.717) is 17.4 Å². The molecule has 1 rings (SSSR count). The first-order valence-corrected chi connectivity index (χ1v) is 6.55. The second kappa shape index (κ2) is 8.16. The molecule has 1 amide bonds. The molecule has 0 heterocycles. The number of rotatable bonds is 5. The minimum Gasteiger partial charge on any atom is -0.483 e. The Labute approximate surface area is 124 Å². The van der Waals surface area contributed by atoms with Crippen LogP contribution >= 0.6 is 12.2 Å². The number of carbonyl (C=O) groups is 1. The molecule has 108 valence electrons. The van der Waals surface area contributed by atoms with Gasteiger partial charge in [-0.2, -0.15) is 0 Å². The van der Waals surface area contributed by atoms with Gasteiger partial charge in [0.1, 0.15) is 5.75 Å². The van der Waals surface area contributed by atoms with Gasteiger partial charge in [0, 0.05) is 6.54 Å². The van der Waals surface area contributed by atoms with Crippen molar-refractivity contribution >= 4 is 23.2 Å². The maximum Gasteiger partial charge on any atom is 0.276 e. The highest BCUT2D eigenvalue weighted by molar-refractivity contribution is 7.80. The molecule has 0 aliphatic heterocycles. The van der Waals surface area contributed by atoms with Crippen LogP contribution < -0.4 is 20.9 Å². The zero-order valence-electron chi connectivity index (χ0n) is 11.7. The quantitative estimate of drug-likeness (QED) is 0.436. The molecular formula is C14H19N3O2S. The maximum absolute atomic E-state index is 11.6. The summed E-state index contributed by atoms with van der Waals surface area (Å²) in [5.41, 5.74) is 6.96. The Morgan fingerprint density at radius 2 is 2.05 bits per heavy atom. The molecule has 0 bridgehead atoms. The Morgan fingerprint density at radius 3 is 2.70 bits per heavy atom. The van der Waals surface area contributed by atoms with Crippen LogP contribution in [0, 0.1) is 6.92 Å². The molecule has 0 unspecified atom stereocenters. The standard InChI is InChI=1S/C14H19N3O2S/c1-10(2)8-15-14(20)17-16-13(18)9-19-12-7-5-4-6-11(12)3/h4-7H,1,8-9H2,2-3H3,(H,16,18)(H2,15,17,20). The smallest absolute Gasteiger partial charge is 0.276 e. The summed E-state index contributed by atoms with van der Waals surface area (Å²) >= 11 is 4.97. The van der Waals surface area contributed by atoms with E-state index in [0.717, 1.165) is 11.1 Å². The van der Waals surface area contributed by atoms with E-state index in [1.807, 2.05) is 38.1 Å². The monoisotopic (exact) mass is 293 g/mol. The predicted molar refractivity (Wildman–Crippen MR) is 83.4 cm³/mol. The summed E-state index contributed by atoms with van der Waals surface area (Å²) in [4.78, 5) is 11.6. The Kier molecular flexibility index (Phi) is 6.52. The highest BCUT2D eigenvalue weighted by Gasteiger charge is 2.04. The van der Waals surface area contributed by atoms with Gasteiger partial charge >= 0.3 is 0 Å². The topological polar surface area (TPSA) is 62.4 Å². The van der Waals surface area contributed by atoms with Gasteiger partial charge in [0.05, 0.1) is 0 Å². The molecule has 0 aromatic heterocycles. The fourth-order valence-corrected chi connectivity index (χ4v) is 1.42. The van der Waals surface area contributed by atoms with Crippen molar-refractivity contribution in [3.8, 4) is 5.75 Å². The van der Waals surface area contributed by atoms with Gasteiger partial charge in [-0.25, -0.2) is 0 Å². The van der Waals surface area contributed by atoms with E-state index in [1.165, 1.54) is 0 Å². The minimum absolute atomic E-state index is 0.0824. The van der Waals surface area contributed by atoms with Crippen molar-refractivity contribution < 1.29 is 9.53 Å².